The van der Waals surface area contributed by atoms with Crippen molar-refractivity contribution in [3.63, 3.8) is 0 Å². The van der Waals surface area contributed by atoms with Crippen molar-refractivity contribution in [3.8, 4) is 0 Å². The summed E-state index contributed by atoms with van der Waals surface area (Å²) in [5.41, 5.74) is 3.08. The zero-order valence-electron chi connectivity index (χ0n) is 11.9. The van der Waals surface area contributed by atoms with Crippen molar-refractivity contribution in [3.05, 3.63) is 15.6 Å². The Balaban J connectivity index is 1.98. The van der Waals surface area contributed by atoms with Crippen LogP contribution in [0.4, 0.5) is 0 Å². The number of nitrogens with two attached hydrogens (primary N) is 1. The first kappa shape index (κ1) is 15.4. The molecule has 0 aromatic carbocycles. The third kappa shape index (κ3) is 3.99. The molecule has 6 nitrogen and oxygen atoms in total. The maximum atomic E-state index is 11.7. The Morgan fingerprint density at radius 2 is 2.20 bits per heavy atom. The van der Waals surface area contributed by atoms with E-state index in [1.54, 1.807) is 0 Å². The molecule has 0 saturated carbocycles. The Kier molecular flexibility index (Phi) is 5.90. The summed E-state index contributed by atoms with van der Waals surface area (Å²) < 4.78 is 5.33. The van der Waals surface area contributed by atoms with Crippen LogP contribution in [0.5, 0.6) is 0 Å². The third-order valence-electron chi connectivity index (χ3n) is 3.31. The number of carbonyl (C=O) groups excluding carboxylic acids is 1. The van der Waals surface area contributed by atoms with E-state index >= 15 is 0 Å². The summed E-state index contributed by atoms with van der Waals surface area (Å²) in [5.74, 6) is 4.99. The molecular weight excluding hydrogens is 276 g/mol. The van der Waals surface area contributed by atoms with Gasteiger partial charge in [0, 0.05) is 26.1 Å². The molecule has 0 unspecified atom stereocenters. The summed E-state index contributed by atoms with van der Waals surface area (Å²) in [6.45, 7) is 6.61. The Morgan fingerprint density at radius 3 is 2.85 bits per heavy atom. The van der Waals surface area contributed by atoms with Crippen molar-refractivity contribution in [2.24, 2.45) is 5.84 Å². The van der Waals surface area contributed by atoms with Crippen LogP contribution in [-0.2, 0) is 17.6 Å². The van der Waals surface area contributed by atoms with Crippen LogP contribution in [0.3, 0.4) is 0 Å². The van der Waals surface area contributed by atoms with Crippen molar-refractivity contribution >= 4 is 17.2 Å². The second-order valence-corrected chi connectivity index (χ2v) is 5.89. The average molecular weight is 298 g/mol. The van der Waals surface area contributed by atoms with E-state index in [1.807, 2.05) is 0 Å². The first-order valence-corrected chi connectivity index (χ1v) is 7.86. The van der Waals surface area contributed by atoms with Gasteiger partial charge in [0.05, 0.1) is 23.9 Å². The topological polar surface area (TPSA) is 80.5 Å². The number of nitrogens with one attached hydrogen (secondary N) is 1. The third-order valence-corrected chi connectivity index (χ3v) is 4.47. The summed E-state index contributed by atoms with van der Waals surface area (Å²) in [4.78, 5) is 19.4. The van der Waals surface area contributed by atoms with Gasteiger partial charge in [-0.2, -0.15) is 0 Å². The number of carbonyl (C=O) groups is 1. The molecule has 1 amide bonds. The number of morpholine rings is 1. The fraction of sp³-hybridized carbons (Fsp3) is 0.692. The molecular formula is C13H22N4O2S. The van der Waals surface area contributed by atoms with E-state index in [-0.39, 0.29) is 5.91 Å². The zero-order chi connectivity index (χ0) is 14.4. The lowest BCUT2D eigenvalue weighted by atomic mass is 10.2. The van der Waals surface area contributed by atoms with Crippen LogP contribution in [0.15, 0.2) is 0 Å². The predicted octanol–water partition coefficient (Wildman–Crippen LogP) is 0.574. The van der Waals surface area contributed by atoms with Gasteiger partial charge in [-0.3, -0.25) is 15.1 Å². The molecule has 1 aromatic rings. The van der Waals surface area contributed by atoms with E-state index in [9.17, 15) is 4.79 Å². The summed E-state index contributed by atoms with van der Waals surface area (Å²) in [5, 5.41) is 1.01. The van der Waals surface area contributed by atoms with E-state index in [0.29, 0.717) is 4.88 Å². The smallest absolute Gasteiger partial charge is 0.277 e. The van der Waals surface area contributed by atoms with Crippen molar-refractivity contribution in [1.82, 2.24) is 15.3 Å². The summed E-state index contributed by atoms with van der Waals surface area (Å²) in [7, 11) is 0. The molecule has 1 aliphatic heterocycles. The number of thiazole rings is 1. The van der Waals surface area contributed by atoms with Crippen molar-refractivity contribution < 1.29 is 9.53 Å². The molecule has 3 N–H and O–H groups in total. The lowest BCUT2D eigenvalue weighted by Crippen LogP contribution is -2.37. The molecule has 1 aliphatic rings. The molecule has 2 rings (SSSR count). The number of ether oxygens (including phenoxy) is 1. The van der Waals surface area contributed by atoms with Gasteiger partial charge in [0.2, 0.25) is 0 Å². The number of hydrazine groups is 1. The minimum Gasteiger partial charge on any atom is -0.379 e. The molecule has 112 valence electrons. The van der Waals surface area contributed by atoms with Crippen LogP contribution >= 0.6 is 11.3 Å². The van der Waals surface area contributed by atoms with Gasteiger partial charge >= 0.3 is 0 Å². The lowest BCUT2D eigenvalue weighted by molar-refractivity contribution is 0.0384. The first-order chi connectivity index (χ1) is 9.74. The van der Waals surface area contributed by atoms with Gasteiger partial charge in [-0.05, 0) is 6.42 Å². The van der Waals surface area contributed by atoms with Crippen LogP contribution in [0, 0.1) is 0 Å². The highest BCUT2D eigenvalue weighted by atomic mass is 32.1. The standard InChI is InChI=1S/C13H22N4O2S/c1-2-3-10-12(13(18)16-14)20-11(15-10)4-5-17-6-8-19-9-7-17/h2-9,14H2,1H3,(H,16,18). The SMILES string of the molecule is CCCc1nc(CCN2CCOCC2)sc1C(=O)NN. The highest BCUT2D eigenvalue weighted by Gasteiger charge is 2.17. The van der Waals surface area contributed by atoms with E-state index in [1.165, 1.54) is 11.3 Å². The van der Waals surface area contributed by atoms with E-state index < -0.39 is 0 Å². The Morgan fingerprint density at radius 1 is 1.45 bits per heavy atom. The summed E-state index contributed by atoms with van der Waals surface area (Å²) >= 11 is 1.46. The first-order valence-electron chi connectivity index (χ1n) is 7.04. The highest BCUT2D eigenvalue weighted by molar-refractivity contribution is 7.13. The number of rotatable bonds is 6. The molecule has 1 fully saturated rings. The van der Waals surface area contributed by atoms with E-state index in [0.717, 1.165) is 62.8 Å². The number of hydrogen-bond acceptors (Lipinski definition) is 6. The molecule has 0 aliphatic carbocycles. The van der Waals surface area contributed by atoms with Gasteiger partial charge in [-0.1, -0.05) is 13.3 Å². The number of hydrogen-bond donors (Lipinski definition) is 2. The van der Waals surface area contributed by atoms with Gasteiger partial charge in [0.1, 0.15) is 4.88 Å². The molecule has 0 bridgehead atoms. The largest absolute Gasteiger partial charge is 0.379 e. The van der Waals surface area contributed by atoms with Crippen LogP contribution in [0.1, 0.15) is 33.7 Å². The number of aromatic nitrogens is 1. The normalized spacial score (nSPS) is 16.3. The number of amides is 1. The minimum absolute atomic E-state index is 0.233. The fourth-order valence-corrected chi connectivity index (χ4v) is 3.24. The van der Waals surface area contributed by atoms with Gasteiger partial charge in [-0.15, -0.1) is 11.3 Å². The van der Waals surface area contributed by atoms with E-state index in [4.69, 9.17) is 10.6 Å². The van der Waals surface area contributed by atoms with Crippen molar-refractivity contribution in [1.29, 1.82) is 0 Å². The quantitative estimate of drug-likeness (QED) is 0.456. The molecule has 7 heteroatoms. The zero-order valence-corrected chi connectivity index (χ0v) is 12.7. The second-order valence-electron chi connectivity index (χ2n) is 4.81. The monoisotopic (exact) mass is 298 g/mol. The predicted molar refractivity (Wildman–Crippen MR) is 78.7 cm³/mol. The molecule has 1 saturated heterocycles. The van der Waals surface area contributed by atoms with Crippen molar-refractivity contribution in [2.75, 3.05) is 32.8 Å². The molecule has 0 spiro atoms. The van der Waals surface area contributed by atoms with Crippen LogP contribution in [0.2, 0.25) is 0 Å². The number of aryl methyl sites for hydroxylation is 1. The van der Waals surface area contributed by atoms with E-state index in [2.05, 4.69) is 22.2 Å². The van der Waals surface area contributed by atoms with Crippen LogP contribution in [0.25, 0.3) is 0 Å². The van der Waals surface area contributed by atoms with Gasteiger partial charge in [0.25, 0.3) is 5.91 Å². The highest BCUT2D eigenvalue weighted by Crippen LogP contribution is 2.20. The Bertz CT molecular complexity index is 444. The lowest BCUT2D eigenvalue weighted by Gasteiger charge is -2.25. The second kappa shape index (κ2) is 7.68. The fourth-order valence-electron chi connectivity index (χ4n) is 2.24. The maximum Gasteiger partial charge on any atom is 0.277 e. The molecule has 1 aromatic heterocycles. The Hall–Kier alpha value is -1.02. The van der Waals surface area contributed by atoms with Gasteiger partial charge < -0.3 is 4.74 Å². The minimum atomic E-state index is -0.233. The average Bonchev–Trinajstić information content (AvgIpc) is 2.89. The maximum absolute atomic E-state index is 11.7. The number of nitrogens with zero attached hydrogens (tertiary/aromatic N) is 2. The van der Waals surface area contributed by atoms with Crippen molar-refractivity contribution in [2.45, 2.75) is 26.2 Å². The molecule has 2 heterocycles. The molecule has 0 radical (unpaired) electrons. The molecule has 0 atom stereocenters. The van der Waals surface area contributed by atoms with Crippen LogP contribution in [-0.4, -0.2) is 48.6 Å². The molecule has 20 heavy (non-hydrogen) atoms. The van der Waals surface area contributed by atoms with Gasteiger partial charge in [0.15, 0.2) is 0 Å². The summed E-state index contributed by atoms with van der Waals surface area (Å²) in [6.07, 6.45) is 2.66. The number of nitrogen functional groups attached to an aromatic ring is 1. The Labute approximate surface area is 123 Å². The van der Waals surface area contributed by atoms with Crippen LogP contribution < -0.4 is 11.3 Å². The van der Waals surface area contributed by atoms with Gasteiger partial charge in [-0.25, -0.2) is 10.8 Å². The summed E-state index contributed by atoms with van der Waals surface area (Å²) in [6, 6.07) is 0.